The summed E-state index contributed by atoms with van der Waals surface area (Å²) in [6, 6.07) is 6.99. The summed E-state index contributed by atoms with van der Waals surface area (Å²) in [4.78, 5) is 11.3. The Morgan fingerprint density at radius 3 is 2.35 bits per heavy atom. The molecule has 0 aromatic heterocycles. The number of rotatable bonds is 3. The van der Waals surface area contributed by atoms with Crippen LogP contribution < -0.4 is 9.47 Å². The van der Waals surface area contributed by atoms with Crippen molar-refractivity contribution in [3.8, 4) is 11.5 Å². The van der Waals surface area contributed by atoms with Crippen molar-refractivity contribution in [3.05, 3.63) is 36.4 Å². The summed E-state index contributed by atoms with van der Waals surface area (Å²) in [5.74, 6) is 0.696. The van der Waals surface area contributed by atoms with Crippen molar-refractivity contribution < 1.29 is 14.3 Å². The van der Waals surface area contributed by atoms with E-state index in [1.807, 2.05) is 26.8 Å². The van der Waals surface area contributed by atoms with Gasteiger partial charge in [-0.05, 0) is 39.8 Å². The Hall–Kier alpha value is -1.77. The Labute approximate surface area is 102 Å². The predicted octanol–water partition coefficient (Wildman–Crippen LogP) is 3.35. The van der Waals surface area contributed by atoms with Crippen LogP contribution in [0.1, 0.15) is 27.7 Å². The van der Waals surface area contributed by atoms with Gasteiger partial charge in [0.25, 0.3) is 0 Å². The molecule has 0 aliphatic rings. The van der Waals surface area contributed by atoms with Crippen molar-refractivity contribution in [2.24, 2.45) is 0 Å². The maximum atomic E-state index is 11.3. The highest BCUT2D eigenvalue weighted by atomic mass is 16.5. The number of hydrogen-bond donors (Lipinski definition) is 0. The lowest BCUT2D eigenvalue weighted by molar-refractivity contribution is -0.130. The molecule has 0 N–H and O–H groups in total. The average molecular weight is 234 g/mol. The fourth-order valence-corrected chi connectivity index (χ4v) is 1.15. The van der Waals surface area contributed by atoms with Crippen molar-refractivity contribution in [3.63, 3.8) is 0 Å². The molecule has 1 aromatic carbocycles. The second-order valence-electron chi connectivity index (χ2n) is 4.86. The van der Waals surface area contributed by atoms with Crippen LogP contribution >= 0.6 is 0 Å². The predicted molar refractivity (Wildman–Crippen MR) is 67.3 cm³/mol. The van der Waals surface area contributed by atoms with Gasteiger partial charge in [-0.1, -0.05) is 12.6 Å². The molecule has 0 heterocycles. The highest BCUT2D eigenvalue weighted by molar-refractivity contribution is 5.88. The van der Waals surface area contributed by atoms with Gasteiger partial charge in [-0.15, -0.1) is 0 Å². The van der Waals surface area contributed by atoms with Gasteiger partial charge in [-0.2, -0.15) is 0 Å². The molecule has 1 aromatic rings. The van der Waals surface area contributed by atoms with E-state index >= 15 is 0 Å². The minimum Gasteiger partial charge on any atom is -0.488 e. The van der Waals surface area contributed by atoms with E-state index in [9.17, 15) is 4.79 Å². The van der Waals surface area contributed by atoms with E-state index in [-0.39, 0.29) is 5.60 Å². The number of hydrogen-bond acceptors (Lipinski definition) is 3. The van der Waals surface area contributed by atoms with Crippen LogP contribution in [-0.2, 0) is 4.79 Å². The SMILES string of the molecule is C=C(C)C(=O)Oc1cccc(OC(C)(C)C)c1. The summed E-state index contributed by atoms with van der Waals surface area (Å²) in [6.45, 7) is 11.0. The van der Waals surface area contributed by atoms with Crippen LogP contribution in [0.15, 0.2) is 36.4 Å². The zero-order valence-corrected chi connectivity index (χ0v) is 10.7. The van der Waals surface area contributed by atoms with E-state index in [2.05, 4.69) is 6.58 Å². The van der Waals surface area contributed by atoms with Crippen molar-refractivity contribution >= 4 is 5.97 Å². The molecule has 17 heavy (non-hydrogen) atoms. The first kappa shape index (κ1) is 13.3. The Balaban J connectivity index is 2.79. The van der Waals surface area contributed by atoms with Gasteiger partial charge >= 0.3 is 5.97 Å². The molecule has 0 saturated heterocycles. The van der Waals surface area contributed by atoms with Crippen LogP contribution in [0.2, 0.25) is 0 Å². The van der Waals surface area contributed by atoms with Gasteiger partial charge in [-0.25, -0.2) is 4.79 Å². The minimum atomic E-state index is -0.432. The Bertz CT molecular complexity index is 427. The van der Waals surface area contributed by atoms with Crippen molar-refractivity contribution in [1.29, 1.82) is 0 Å². The van der Waals surface area contributed by atoms with Gasteiger partial charge in [0, 0.05) is 11.6 Å². The molecule has 0 fully saturated rings. The van der Waals surface area contributed by atoms with E-state index in [1.165, 1.54) is 0 Å². The third-order valence-electron chi connectivity index (χ3n) is 1.79. The lowest BCUT2D eigenvalue weighted by Gasteiger charge is -2.21. The summed E-state index contributed by atoms with van der Waals surface area (Å²) >= 11 is 0. The van der Waals surface area contributed by atoms with Crippen LogP contribution in [0.25, 0.3) is 0 Å². The molecular formula is C14H18O3. The van der Waals surface area contributed by atoms with Crippen LogP contribution in [0.5, 0.6) is 11.5 Å². The molecule has 0 radical (unpaired) electrons. The lowest BCUT2D eigenvalue weighted by atomic mass is 10.2. The lowest BCUT2D eigenvalue weighted by Crippen LogP contribution is -2.22. The number of ether oxygens (including phenoxy) is 2. The molecule has 3 nitrogen and oxygen atoms in total. The van der Waals surface area contributed by atoms with Crippen molar-refractivity contribution in [1.82, 2.24) is 0 Å². The van der Waals surface area contributed by atoms with Gasteiger partial charge < -0.3 is 9.47 Å². The monoisotopic (exact) mass is 234 g/mol. The van der Waals surface area contributed by atoms with Gasteiger partial charge in [0.1, 0.15) is 17.1 Å². The zero-order valence-electron chi connectivity index (χ0n) is 10.7. The average Bonchev–Trinajstić information content (AvgIpc) is 2.15. The summed E-state index contributed by atoms with van der Waals surface area (Å²) in [6.07, 6.45) is 0. The van der Waals surface area contributed by atoms with Gasteiger partial charge in [0.15, 0.2) is 0 Å². The molecule has 92 valence electrons. The first-order chi connectivity index (χ1) is 7.78. The summed E-state index contributed by atoms with van der Waals surface area (Å²) < 4.78 is 10.8. The first-order valence-corrected chi connectivity index (χ1v) is 5.45. The number of esters is 1. The van der Waals surface area contributed by atoms with E-state index in [0.29, 0.717) is 17.1 Å². The molecule has 0 spiro atoms. The summed E-state index contributed by atoms with van der Waals surface area (Å²) in [5.41, 5.74) is 0.0870. The first-order valence-electron chi connectivity index (χ1n) is 5.45. The standard InChI is InChI=1S/C14H18O3/c1-10(2)13(15)16-11-7-6-8-12(9-11)17-14(3,4)5/h6-9H,1H2,2-5H3. The van der Waals surface area contributed by atoms with Crippen LogP contribution in [0.3, 0.4) is 0 Å². The Kier molecular flexibility index (Phi) is 3.94. The number of carbonyl (C=O) groups excluding carboxylic acids is 1. The van der Waals surface area contributed by atoms with E-state index in [1.54, 1.807) is 25.1 Å². The van der Waals surface area contributed by atoms with Gasteiger partial charge in [0.2, 0.25) is 0 Å². The molecule has 0 aliphatic heterocycles. The minimum absolute atomic E-state index is 0.281. The number of benzene rings is 1. The molecule has 0 unspecified atom stereocenters. The smallest absolute Gasteiger partial charge is 0.338 e. The van der Waals surface area contributed by atoms with Crippen molar-refractivity contribution in [2.75, 3.05) is 0 Å². The van der Waals surface area contributed by atoms with E-state index < -0.39 is 5.97 Å². The largest absolute Gasteiger partial charge is 0.488 e. The molecular weight excluding hydrogens is 216 g/mol. The third-order valence-corrected chi connectivity index (χ3v) is 1.79. The van der Waals surface area contributed by atoms with Crippen LogP contribution in [0, 0.1) is 0 Å². The molecule has 0 atom stereocenters. The Morgan fingerprint density at radius 1 is 1.24 bits per heavy atom. The fourth-order valence-electron chi connectivity index (χ4n) is 1.15. The highest BCUT2D eigenvalue weighted by Gasteiger charge is 2.12. The quantitative estimate of drug-likeness (QED) is 0.457. The second-order valence-corrected chi connectivity index (χ2v) is 4.86. The molecule has 0 aliphatic carbocycles. The molecule has 0 bridgehead atoms. The number of carbonyl (C=O) groups is 1. The maximum Gasteiger partial charge on any atom is 0.338 e. The van der Waals surface area contributed by atoms with Crippen molar-refractivity contribution in [2.45, 2.75) is 33.3 Å². The second kappa shape index (κ2) is 5.04. The highest BCUT2D eigenvalue weighted by Crippen LogP contribution is 2.23. The molecule has 3 heteroatoms. The summed E-state index contributed by atoms with van der Waals surface area (Å²) in [5, 5.41) is 0. The molecule has 1 rings (SSSR count). The van der Waals surface area contributed by atoms with E-state index in [0.717, 1.165) is 0 Å². The van der Waals surface area contributed by atoms with Crippen LogP contribution in [-0.4, -0.2) is 11.6 Å². The summed E-state index contributed by atoms with van der Waals surface area (Å²) in [7, 11) is 0. The normalized spacial score (nSPS) is 10.8. The molecule has 0 amide bonds. The zero-order chi connectivity index (χ0) is 13.1. The van der Waals surface area contributed by atoms with Crippen LogP contribution in [0.4, 0.5) is 0 Å². The van der Waals surface area contributed by atoms with Gasteiger partial charge in [0.05, 0.1) is 0 Å². The van der Waals surface area contributed by atoms with Gasteiger partial charge in [-0.3, -0.25) is 0 Å². The third kappa shape index (κ3) is 4.72. The Morgan fingerprint density at radius 2 is 1.82 bits per heavy atom. The maximum absolute atomic E-state index is 11.3. The molecule has 0 saturated carbocycles. The fraction of sp³-hybridized carbons (Fsp3) is 0.357. The topological polar surface area (TPSA) is 35.5 Å². The van der Waals surface area contributed by atoms with E-state index in [4.69, 9.17) is 9.47 Å².